The normalized spacial score (nSPS) is 12.0. The molecule has 2 aromatic rings. The number of sulfone groups is 1. The van der Waals surface area contributed by atoms with Gasteiger partial charge in [-0.25, -0.2) is 8.42 Å². The van der Waals surface area contributed by atoms with Gasteiger partial charge in [-0.05, 0) is 24.1 Å². The molecule has 0 aliphatic heterocycles. The van der Waals surface area contributed by atoms with Crippen molar-refractivity contribution in [2.45, 2.75) is 44.6 Å². The minimum atomic E-state index is -3.20. The van der Waals surface area contributed by atoms with Crippen molar-refractivity contribution < 1.29 is 12.9 Å². The van der Waals surface area contributed by atoms with Crippen molar-refractivity contribution in [2.75, 3.05) is 19.8 Å². The van der Waals surface area contributed by atoms with Crippen LogP contribution in [0.5, 0.6) is 0 Å². The van der Waals surface area contributed by atoms with Crippen LogP contribution in [-0.2, 0) is 22.8 Å². The number of aromatic nitrogens is 2. The number of rotatable bonds is 7. The summed E-state index contributed by atoms with van der Waals surface area (Å²) in [5.74, 6) is 2.18. The third-order valence-electron chi connectivity index (χ3n) is 3.95. The molecule has 1 heterocycles. The van der Waals surface area contributed by atoms with E-state index in [4.69, 9.17) is 4.52 Å². The molecule has 0 fully saturated rings. The van der Waals surface area contributed by atoms with Crippen molar-refractivity contribution in [3.05, 3.63) is 41.0 Å². The first-order valence-electron chi connectivity index (χ1n) is 8.77. The Morgan fingerprint density at radius 1 is 1.29 bits per heavy atom. The molecule has 0 bridgehead atoms. The fourth-order valence-electron chi connectivity index (χ4n) is 2.54. The zero-order chi connectivity index (χ0) is 20.0. The van der Waals surface area contributed by atoms with Crippen molar-refractivity contribution in [1.29, 1.82) is 0 Å². The van der Waals surface area contributed by atoms with Gasteiger partial charge in [0.1, 0.15) is 0 Å². The van der Waals surface area contributed by atoms with E-state index in [9.17, 15) is 8.42 Å². The van der Waals surface area contributed by atoms with Gasteiger partial charge < -0.3 is 15.2 Å². The van der Waals surface area contributed by atoms with Crippen molar-refractivity contribution in [1.82, 2.24) is 20.8 Å². The summed E-state index contributed by atoms with van der Waals surface area (Å²) >= 11 is 0. The third kappa shape index (κ3) is 7.04. The molecule has 0 spiro atoms. The third-order valence-corrected chi connectivity index (χ3v) is 5.21. The van der Waals surface area contributed by atoms with Gasteiger partial charge in [0.25, 0.3) is 0 Å². The number of aryl methyl sites for hydroxylation is 1. The van der Waals surface area contributed by atoms with E-state index in [0.29, 0.717) is 42.1 Å². The molecule has 0 saturated heterocycles. The molecule has 0 amide bonds. The zero-order valence-corrected chi connectivity index (χ0v) is 20.0. The van der Waals surface area contributed by atoms with Gasteiger partial charge in [-0.15, -0.1) is 24.0 Å². The summed E-state index contributed by atoms with van der Waals surface area (Å²) in [6.07, 6.45) is 1.81. The van der Waals surface area contributed by atoms with Gasteiger partial charge in [0.2, 0.25) is 5.89 Å². The molecule has 0 atom stereocenters. The average Bonchev–Trinajstić information content (AvgIpc) is 3.06. The van der Waals surface area contributed by atoms with Gasteiger partial charge in [0.15, 0.2) is 21.6 Å². The Bertz CT molecular complexity index is 910. The molecule has 0 aliphatic rings. The lowest BCUT2D eigenvalue weighted by Crippen LogP contribution is -2.37. The number of nitrogens with zero attached hydrogens (tertiary/aromatic N) is 3. The minimum absolute atomic E-state index is 0. The maximum absolute atomic E-state index is 11.7. The topological polar surface area (TPSA) is 109 Å². The largest absolute Gasteiger partial charge is 0.356 e. The highest BCUT2D eigenvalue weighted by molar-refractivity contribution is 14.0. The van der Waals surface area contributed by atoms with Crippen molar-refractivity contribution >= 4 is 39.8 Å². The van der Waals surface area contributed by atoms with E-state index in [2.05, 4.69) is 25.8 Å². The molecule has 156 valence electrons. The van der Waals surface area contributed by atoms with Crippen LogP contribution in [0.1, 0.15) is 42.6 Å². The zero-order valence-electron chi connectivity index (χ0n) is 16.8. The summed E-state index contributed by atoms with van der Waals surface area (Å²) in [6.45, 7) is 6.96. The first-order valence-corrected chi connectivity index (χ1v) is 10.7. The van der Waals surface area contributed by atoms with Crippen LogP contribution in [0.4, 0.5) is 0 Å². The number of aliphatic imine (C=N–C) groups is 1. The first kappa shape index (κ1) is 24.3. The molecule has 28 heavy (non-hydrogen) atoms. The predicted octanol–water partition coefficient (Wildman–Crippen LogP) is 2.43. The van der Waals surface area contributed by atoms with Crippen LogP contribution in [0.2, 0.25) is 0 Å². The monoisotopic (exact) mass is 521 g/mol. The Morgan fingerprint density at radius 3 is 2.54 bits per heavy atom. The molecule has 0 radical (unpaired) electrons. The van der Waals surface area contributed by atoms with E-state index >= 15 is 0 Å². The van der Waals surface area contributed by atoms with Gasteiger partial charge in [-0.3, -0.25) is 4.99 Å². The molecular weight excluding hydrogens is 493 g/mol. The van der Waals surface area contributed by atoms with E-state index in [1.54, 1.807) is 26.1 Å². The van der Waals surface area contributed by atoms with Crippen LogP contribution in [0.25, 0.3) is 0 Å². The standard InChI is InChI=1S/C18H27N5O3S.HI/c1-12(2)17-22-16(26-23-17)8-9-20-18(19-4)21-11-14-6-7-15(13(3)10-14)27(5,24)25;/h6-7,10,12H,8-9,11H2,1-5H3,(H2,19,20,21);1H. The highest BCUT2D eigenvalue weighted by Gasteiger charge is 2.11. The summed E-state index contributed by atoms with van der Waals surface area (Å²) < 4.78 is 28.6. The molecule has 0 unspecified atom stereocenters. The van der Waals surface area contributed by atoms with Crippen molar-refractivity contribution in [3.63, 3.8) is 0 Å². The molecule has 0 saturated carbocycles. The lowest BCUT2D eigenvalue weighted by atomic mass is 10.1. The molecule has 8 nitrogen and oxygen atoms in total. The molecule has 2 N–H and O–H groups in total. The number of hydrogen-bond donors (Lipinski definition) is 2. The second kappa shape index (κ2) is 10.7. The quantitative estimate of drug-likeness (QED) is 0.327. The average molecular weight is 521 g/mol. The van der Waals surface area contributed by atoms with Crippen LogP contribution in [0.3, 0.4) is 0 Å². The second-order valence-electron chi connectivity index (χ2n) is 6.68. The highest BCUT2D eigenvalue weighted by Crippen LogP contribution is 2.16. The predicted molar refractivity (Wildman–Crippen MR) is 120 cm³/mol. The fraction of sp³-hybridized carbons (Fsp3) is 0.500. The van der Waals surface area contributed by atoms with Gasteiger partial charge in [-0.1, -0.05) is 31.1 Å². The second-order valence-corrected chi connectivity index (χ2v) is 8.66. The first-order chi connectivity index (χ1) is 12.7. The minimum Gasteiger partial charge on any atom is -0.356 e. The van der Waals surface area contributed by atoms with Crippen LogP contribution >= 0.6 is 24.0 Å². The summed E-state index contributed by atoms with van der Waals surface area (Å²) in [5, 5.41) is 10.3. The number of nitrogens with one attached hydrogen (secondary N) is 2. The van der Waals surface area contributed by atoms with Crippen LogP contribution in [-0.4, -0.2) is 44.4 Å². The maximum atomic E-state index is 11.7. The van der Waals surface area contributed by atoms with E-state index in [1.807, 2.05) is 19.9 Å². The Labute approximate surface area is 183 Å². The lowest BCUT2D eigenvalue weighted by Gasteiger charge is -2.12. The molecule has 10 heteroatoms. The summed E-state index contributed by atoms with van der Waals surface area (Å²) in [4.78, 5) is 8.87. The van der Waals surface area contributed by atoms with Crippen LogP contribution < -0.4 is 10.6 Å². The lowest BCUT2D eigenvalue weighted by molar-refractivity contribution is 0.371. The maximum Gasteiger partial charge on any atom is 0.228 e. The summed E-state index contributed by atoms with van der Waals surface area (Å²) in [6, 6.07) is 5.30. The van der Waals surface area contributed by atoms with Gasteiger partial charge in [-0.2, -0.15) is 4.98 Å². The Balaban J connectivity index is 0.00000392. The Hall–Kier alpha value is -1.69. The fourth-order valence-corrected chi connectivity index (χ4v) is 3.49. The Kier molecular flexibility index (Phi) is 9.34. The molecule has 1 aromatic heterocycles. The van der Waals surface area contributed by atoms with E-state index in [1.165, 1.54) is 6.26 Å². The van der Waals surface area contributed by atoms with Crippen LogP contribution in [0, 0.1) is 6.92 Å². The number of halogens is 1. The summed E-state index contributed by atoms with van der Waals surface area (Å²) in [5.41, 5.74) is 1.71. The number of benzene rings is 1. The van der Waals surface area contributed by atoms with Gasteiger partial charge >= 0.3 is 0 Å². The van der Waals surface area contributed by atoms with Gasteiger partial charge in [0.05, 0.1) is 4.90 Å². The molecule has 0 aliphatic carbocycles. The molecule has 2 rings (SSSR count). The number of hydrogen-bond acceptors (Lipinski definition) is 6. The van der Waals surface area contributed by atoms with E-state index in [-0.39, 0.29) is 29.9 Å². The number of guanidine groups is 1. The highest BCUT2D eigenvalue weighted by atomic mass is 127. The van der Waals surface area contributed by atoms with E-state index < -0.39 is 9.84 Å². The smallest absolute Gasteiger partial charge is 0.228 e. The van der Waals surface area contributed by atoms with E-state index in [0.717, 1.165) is 11.1 Å². The Morgan fingerprint density at radius 2 is 2.00 bits per heavy atom. The molecule has 1 aromatic carbocycles. The van der Waals surface area contributed by atoms with Gasteiger partial charge in [0, 0.05) is 38.7 Å². The molecular formula is C18H28IN5O3S. The van der Waals surface area contributed by atoms with Crippen molar-refractivity contribution in [2.24, 2.45) is 4.99 Å². The SMILES string of the molecule is CN=C(NCCc1nc(C(C)C)no1)NCc1ccc(S(C)(=O)=O)c(C)c1.I. The summed E-state index contributed by atoms with van der Waals surface area (Å²) in [7, 11) is -1.51. The van der Waals surface area contributed by atoms with Crippen LogP contribution in [0.15, 0.2) is 32.6 Å². The van der Waals surface area contributed by atoms with Crippen molar-refractivity contribution in [3.8, 4) is 0 Å².